The van der Waals surface area contributed by atoms with E-state index in [0.29, 0.717) is 17.9 Å². The predicted molar refractivity (Wildman–Crippen MR) is 123 cm³/mol. The van der Waals surface area contributed by atoms with Gasteiger partial charge in [-0.05, 0) is 78.4 Å². The topological polar surface area (TPSA) is 52.6 Å². The average molecular weight is 413 g/mol. The molecule has 0 aliphatic carbocycles. The van der Waals surface area contributed by atoms with Crippen molar-refractivity contribution in [3.63, 3.8) is 0 Å². The van der Waals surface area contributed by atoms with Crippen molar-refractivity contribution < 1.29 is 19.1 Å². The van der Waals surface area contributed by atoms with Crippen LogP contribution in [-0.2, 0) is 16.0 Å². The average Bonchev–Trinajstić information content (AvgIpc) is 2.59. The van der Waals surface area contributed by atoms with E-state index in [1.807, 2.05) is 6.92 Å². The zero-order valence-corrected chi connectivity index (χ0v) is 19.6. The van der Waals surface area contributed by atoms with Crippen molar-refractivity contribution in [3.05, 3.63) is 58.2 Å². The fourth-order valence-corrected chi connectivity index (χ4v) is 3.10. The monoisotopic (exact) mass is 412 g/mol. The summed E-state index contributed by atoms with van der Waals surface area (Å²) in [5.41, 5.74) is 5.93. The van der Waals surface area contributed by atoms with Gasteiger partial charge >= 0.3 is 11.9 Å². The summed E-state index contributed by atoms with van der Waals surface area (Å²) < 4.78 is 10.5. The van der Waals surface area contributed by atoms with E-state index in [9.17, 15) is 9.59 Å². The van der Waals surface area contributed by atoms with Crippen molar-refractivity contribution in [2.75, 3.05) is 0 Å². The quantitative estimate of drug-likeness (QED) is 0.241. The lowest BCUT2D eigenvalue weighted by Crippen LogP contribution is -2.07. The van der Waals surface area contributed by atoms with Crippen LogP contribution in [0.5, 0.6) is 11.5 Å². The summed E-state index contributed by atoms with van der Waals surface area (Å²) in [7, 11) is 0. The van der Waals surface area contributed by atoms with Crippen molar-refractivity contribution >= 4 is 11.9 Å². The molecule has 0 aliphatic rings. The van der Waals surface area contributed by atoms with E-state index < -0.39 is 11.9 Å². The van der Waals surface area contributed by atoms with Gasteiger partial charge < -0.3 is 9.47 Å². The molecule has 0 heterocycles. The first-order chi connectivity index (χ1) is 14.1. The van der Waals surface area contributed by atoms with Crippen LogP contribution in [0.3, 0.4) is 0 Å². The van der Waals surface area contributed by atoms with E-state index >= 15 is 0 Å². The molecule has 1 aromatic carbocycles. The van der Waals surface area contributed by atoms with Crippen LogP contribution in [0, 0.1) is 6.92 Å². The number of hydrogen-bond acceptors (Lipinski definition) is 4. The van der Waals surface area contributed by atoms with Crippen LogP contribution < -0.4 is 9.47 Å². The summed E-state index contributed by atoms with van der Waals surface area (Å²) in [5, 5.41) is 0. The zero-order valence-electron chi connectivity index (χ0n) is 19.6. The molecule has 1 aromatic rings. The molecule has 4 heteroatoms. The third-order valence-corrected chi connectivity index (χ3v) is 4.70. The fourth-order valence-electron chi connectivity index (χ4n) is 3.10. The molecule has 0 atom stereocenters. The predicted octanol–water partition coefficient (Wildman–Crippen LogP) is 6.81. The molecule has 0 aliphatic heterocycles. The molecule has 0 aromatic heterocycles. The van der Waals surface area contributed by atoms with Gasteiger partial charge in [0.1, 0.15) is 11.5 Å². The maximum atomic E-state index is 11.5. The first-order valence-electron chi connectivity index (χ1n) is 10.5. The third kappa shape index (κ3) is 10.2. The molecule has 0 unspecified atom stereocenters. The van der Waals surface area contributed by atoms with Crippen LogP contribution in [0.4, 0.5) is 0 Å². The van der Waals surface area contributed by atoms with Crippen LogP contribution in [0.25, 0.3) is 0 Å². The molecule has 1 rings (SSSR count). The number of benzene rings is 1. The number of hydrogen-bond donors (Lipinski definition) is 0. The SMILES string of the molecule is CC(=O)Oc1cc(C)c(C/C=C(\C)CC/C=C(\C)CCC=C(C)C)c(OC(C)=O)c1. The van der Waals surface area contributed by atoms with Crippen molar-refractivity contribution in [2.24, 2.45) is 0 Å². The Morgan fingerprint density at radius 2 is 1.37 bits per heavy atom. The van der Waals surface area contributed by atoms with Gasteiger partial charge in [0, 0.05) is 25.5 Å². The van der Waals surface area contributed by atoms with Gasteiger partial charge in [-0.15, -0.1) is 0 Å². The van der Waals surface area contributed by atoms with E-state index in [2.05, 4.69) is 45.9 Å². The lowest BCUT2D eigenvalue weighted by molar-refractivity contribution is -0.132. The van der Waals surface area contributed by atoms with Crippen LogP contribution in [-0.4, -0.2) is 11.9 Å². The molecule has 0 spiro atoms. The standard InChI is InChI=1S/C26H36O4/c1-18(2)10-8-11-19(3)12-9-13-20(4)14-15-25-21(5)16-24(29-22(6)27)17-26(25)30-23(7)28/h10,12,14,16-17H,8-9,11,13,15H2,1-7H3/b19-12+,20-14+. The lowest BCUT2D eigenvalue weighted by Gasteiger charge is -2.13. The summed E-state index contributed by atoms with van der Waals surface area (Å²) in [6, 6.07) is 3.40. The second-order valence-electron chi connectivity index (χ2n) is 8.07. The molecule has 0 N–H and O–H groups in total. The number of aryl methyl sites for hydroxylation is 1. The first kappa shape index (κ1) is 25.4. The molecule has 4 nitrogen and oxygen atoms in total. The Labute approximate surface area is 181 Å². The van der Waals surface area contributed by atoms with Crippen LogP contribution in [0.1, 0.15) is 78.4 Å². The van der Waals surface area contributed by atoms with Crippen LogP contribution in [0.15, 0.2) is 47.1 Å². The second-order valence-corrected chi connectivity index (χ2v) is 8.07. The third-order valence-electron chi connectivity index (χ3n) is 4.70. The van der Waals surface area contributed by atoms with Crippen molar-refractivity contribution in [2.45, 2.75) is 80.6 Å². The van der Waals surface area contributed by atoms with Crippen molar-refractivity contribution in [1.82, 2.24) is 0 Å². The molecule has 0 saturated carbocycles. The Hall–Kier alpha value is -2.62. The zero-order chi connectivity index (χ0) is 22.7. The minimum Gasteiger partial charge on any atom is -0.427 e. The highest BCUT2D eigenvalue weighted by Crippen LogP contribution is 2.30. The number of allylic oxidation sites excluding steroid dienone is 6. The van der Waals surface area contributed by atoms with Crippen molar-refractivity contribution in [3.8, 4) is 11.5 Å². The van der Waals surface area contributed by atoms with Gasteiger partial charge in [0.05, 0.1) is 0 Å². The van der Waals surface area contributed by atoms with Gasteiger partial charge in [-0.3, -0.25) is 9.59 Å². The van der Waals surface area contributed by atoms with Gasteiger partial charge in [0.25, 0.3) is 0 Å². The van der Waals surface area contributed by atoms with E-state index in [-0.39, 0.29) is 0 Å². The molecule has 0 bridgehead atoms. The minimum absolute atomic E-state index is 0.384. The molecule has 30 heavy (non-hydrogen) atoms. The van der Waals surface area contributed by atoms with Gasteiger partial charge in [-0.25, -0.2) is 0 Å². The Bertz CT molecular complexity index is 837. The van der Waals surface area contributed by atoms with Crippen LogP contribution >= 0.6 is 0 Å². The number of rotatable bonds is 10. The molecule has 0 amide bonds. The number of carbonyl (C=O) groups is 2. The first-order valence-corrected chi connectivity index (χ1v) is 10.5. The van der Waals surface area contributed by atoms with Gasteiger partial charge in [0.2, 0.25) is 0 Å². The summed E-state index contributed by atoms with van der Waals surface area (Å²) in [6.07, 6.45) is 11.6. The molecule has 164 valence electrons. The van der Waals surface area contributed by atoms with E-state index in [0.717, 1.165) is 36.8 Å². The van der Waals surface area contributed by atoms with Gasteiger partial charge in [0.15, 0.2) is 0 Å². The maximum absolute atomic E-state index is 11.5. The van der Waals surface area contributed by atoms with E-state index in [1.54, 1.807) is 12.1 Å². The molecule has 0 radical (unpaired) electrons. The Morgan fingerprint density at radius 3 is 1.93 bits per heavy atom. The molecule has 0 saturated heterocycles. The minimum atomic E-state index is -0.407. The summed E-state index contributed by atoms with van der Waals surface area (Å²) in [4.78, 5) is 22.8. The summed E-state index contributed by atoms with van der Waals surface area (Å²) in [5.74, 6) is 0.0214. The second kappa shape index (κ2) is 12.8. The van der Waals surface area contributed by atoms with Crippen LogP contribution in [0.2, 0.25) is 0 Å². The highest BCUT2D eigenvalue weighted by molar-refractivity contribution is 5.72. The number of esters is 2. The largest absolute Gasteiger partial charge is 0.427 e. The van der Waals surface area contributed by atoms with Gasteiger partial charge in [-0.2, -0.15) is 0 Å². The number of carbonyl (C=O) groups excluding carboxylic acids is 2. The van der Waals surface area contributed by atoms with Crippen molar-refractivity contribution in [1.29, 1.82) is 0 Å². The Morgan fingerprint density at radius 1 is 0.800 bits per heavy atom. The van der Waals surface area contributed by atoms with E-state index in [1.165, 1.54) is 30.6 Å². The lowest BCUT2D eigenvalue weighted by atomic mass is 10.0. The molecular weight excluding hydrogens is 376 g/mol. The highest BCUT2D eigenvalue weighted by Gasteiger charge is 2.13. The van der Waals surface area contributed by atoms with E-state index in [4.69, 9.17) is 9.47 Å². The summed E-state index contributed by atoms with van der Waals surface area (Å²) >= 11 is 0. The fraction of sp³-hybridized carbons (Fsp3) is 0.462. The Balaban J connectivity index is 2.80. The van der Waals surface area contributed by atoms with Gasteiger partial charge in [-0.1, -0.05) is 34.9 Å². The summed E-state index contributed by atoms with van der Waals surface area (Å²) in [6.45, 7) is 13.2. The molecular formula is C26H36O4. The Kier molecular flexibility index (Phi) is 10.9. The smallest absolute Gasteiger partial charge is 0.308 e. The molecule has 0 fully saturated rings. The highest BCUT2D eigenvalue weighted by atomic mass is 16.5. The maximum Gasteiger partial charge on any atom is 0.308 e. The normalized spacial score (nSPS) is 11.8. The number of ether oxygens (including phenoxy) is 2.